The van der Waals surface area contributed by atoms with Gasteiger partial charge in [0.05, 0.1) is 5.92 Å². The highest BCUT2D eigenvalue weighted by molar-refractivity contribution is 5.70. The van der Waals surface area contributed by atoms with E-state index in [1.165, 1.54) is 0 Å². The van der Waals surface area contributed by atoms with Gasteiger partial charge in [-0.3, -0.25) is 4.79 Å². The number of benzene rings is 2. The summed E-state index contributed by atoms with van der Waals surface area (Å²) >= 11 is 0. The Kier molecular flexibility index (Phi) is 4.91. The molecular weight excluding hydrogens is 250 g/mol. The standard InChI is InChI=1S/C17H19NO2/c1-13(17(19)20)16(15-10-6-3-7-11-15)18-12-14-8-4-2-5-9-14/h2-11,13,16,18H,12H2,1H3,(H,19,20). The number of hydrogen-bond acceptors (Lipinski definition) is 2. The molecule has 2 rings (SSSR count). The molecule has 0 aromatic heterocycles. The van der Waals surface area contributed by atoms with Crippen LogP contribution in [0, 0.1) is 5.92 Å². The summed E-state index contributed by atoms with van der Waals surface area (Å²) in [5, 5.41) is 12.6. The van der Waals surface area contributed by atoms with Crippen LogP contribution in [0.3, 0.4) is 0 Å². The Morgan fingerprint density at radius 3 is 2.15 bits per heavy atom. The molecule has 0 aliphatic heterocycles. The smallest absolute Gasteiger partial charge is 0.308 e. The zero-order valence-electron chi connectivity index (χ0n) is 11.5. The fraction of sp³-hybridized carbons (Fsp3) is 0.235. The Balaban J connectivity index is 2.13. The average Bonchev–Trinajstić information content (AvgIpc) is 2.49. The number of hydrogen-bond donors (Lipinski definition) is 2. The lowest BCUT2D eigenvalue weighted by molar-refractivity contribution is -0.142. The van der Waals surface area contributed by atoms with E-state index < -0.39 is 11.9 Å². The van der Waals surface area contributed by atoms with Gasteiger partial charge in [0.2, 0.25) is 0 Å². The van der Waals surface area contributed by atoms with Crippen LogP contribution < -0.4 is 5.32 Å². The van der Waals surface area contributed by atoms with Gasteiger partial charge in [-0.05, 0) is 11.1 Å². The summed E-state index contributed by atoms with van der Waals surface area (Å²) in [7, 11) is 0. The molecule has 2 atom stereocenters. The molecule has 2 aromatic rings. The predicted octanol–water partition coefficient (Wildman–Crippen LogP) is 3.24. The number of rotatable bonds is 6. The van der Waals surface area contributed by atoms with Crippen LogP contribution in [0.5, 0.6) is 0 Å². The van der Waals surface area contributed by atoms with E-state index in [1.807, 2.05) is 60.7 Å². The number of carboxylic acids is 1. The van der Waals surface area contributed by atoms with E-state index in [0.717, 1.165) is 11.1 Å². The van der Waals surface area contributed by atoms with Crippen molar-refractivity contribution in [2.75, 3.05) is 0 Å². The molecule has 0 saturated heterocycles. The van der Waals surface area contributed by atoms with E-state index in [1.54, 1.807) is 6.92 Å². The van der Waals surface area contributed by atoms with Crippen molar-refractivity contribution in [1.82, 2.24) is 5.32 Å². The molecule has 0 aliphatic carbocycles. The van der Waals surface area contributed by atoms with Crippen molar-refractivity contribution in [2.45, 2.75) is 19.5 Å². The molecule has 3 heteroatoms. The van der Waals surface area contributed by atoms with Crippen LogP contribution in [0.15, 0.2) is 60.7 Å². The van der Waals surface area contributed by atoms with Crippen LogP contribution >= 0.6 is 0 Å². The zero-order valence-corrected chi connectivity index (χ0v) is 11.5. The van der Waals surface area contributed by atoms with Crippen LogP contribution in [0.4, 0.5) is 0 Å². The van der Waals surface area contributed by atoms with Gasteiger partial charge in [-0.25, -0.2) is 0 Å². The Labute approximate surface area is 119 Å². The second kappa shape index (κ2) is 6.87. The molecule has 0 saturated carbocycles. The lowest BCUT2D eigenvalue weighted by Crippen LogP contribution is -2.31. The van der Waals surface area contributed by atoms with Crippen LogP contribution in [-0.4, -0.2) is 11.1 Å². The Bertz CT molecular complexity index is 539. The minimum Gasteiger partial charge on any atom is -0.481 e. The first-order chi connectivity index (χ1) is 9.68. The van der Waals surface area contributed by atoms with E-state index in [2.05, 4.69) is 5.32 Å². The normalized spacial score (nSPS) is 13.7. The molecule has 2 N–H and O–H groups in total. The van der Waals surface area contributed by atoms with E-state index in [0.29, 0.717) is 6.54 Å². The van der Waals surface area contributed by atoms with E-state index >= 15 is 0 Å². The average molecular weight is 269 g/mol. The topological polar surface area (TPSA) is 49.3 Å². The minimum atomic E-state index is -0.792. The molecule has 0 bridgehead atoms. The highest BCUT2D eigenvalue weighted by Gasteiger charge is 2.24. The molecule has 0 aliphatic rings. The van der Waals surface area contributed by atoms with E-state index in [-0.39, 0.29) is 6.04 Å². The summed E-state index contributed by atoms with van der Waals surface area (Å²) in [4.78, 5) is 11.3. The van der Waals surface area contributed by atoms with E-state index in [9.17, 15) is 9.90 Å². The van der Waals surface area contributed by atoms with Gasteiger partial charge in [0.1, 0.15) is 0 Å². The maximum atomic E-state index is 11.3. The van der Waals surface area contributed by atoms with Gasteiger partial charge >= 0.3 is 5.97 Å². The van der Waals surface area contributed by atoms with Crippen molar-refractivity contribution < 1.29 is 9.90 Å². The van der Waals surface area contributed by atoms with Crippen molar-refractivity contribution in [3.63, 3.8) is 0 Å². The van der Waals surface area contributed by atoms with Crippen molar-refractivity contribution in [3.05, 3.63) is 71.8 Å². The summed E-state index contributed by atoms with van der Waals surface area (Å²) in [6.07, 6.45) is 0. The highest BCUT2D eigenvalue weighted by atomic mass is 16.4. The maximum Gasteiger partial charge on any atom is 0.308 e. The molecule has 0 fully saturated rings. The predicted molar refractivity (Wildman–Crippen MR) is 79.3 cm³/mol. The second-order valence-electron chi connectivity index (χ2n) is 4.88. The van der Waals surface area contributed by atoms with Gasteiger partial charge in [-0.15, -0.1) is 0 Å². The molecule has 0 spiro atoms. The molecule has 20 heavy (non-hydrogen) atoms. The summed E-state index contributed by atoms with van der Waals surface area (Å²) in [6, 6.07) is 19.5. The molecular formula is C17H19NO2. The molecule has 0 heterocycles. The lowest BCUT2D eigenvalue weighted by Gasteiger charge is -2.23. The van der Waals surface area contributed by atoms with Crippen LogP contribution in [0.1, 0.15) is 24.1 Å². The third-order valence-electron chi connectivity index (χ3n) is 3.42. The van der Waals surface area contributed by atoms with Crippen molar-refractivity contribution in [1.29, 1.82) is 0 Å². The minimum absolute atomic E-state index is 0.200. The number of nitrogens with one attached hydrogen (secondary N) is 1. The van der Waals surface area contributed by atoms with Crippen LogP contribution in [-0.2, 0) is 11.3 Å². The Morgan fingerprint density at radius 1 is 1.05 bits per heavy atom. The monoisotopic (exact) mass is 269 g/mol. The van der Waals surface area contributed by atoms with Gasteiger partial charge in [0.25, 0.3) is 0 Å². The Hall–Kier alpha value is -2.13. The van der Waals surface area contributed by atoms with Gasteiger partial charge < -0.3 is 10.4 Å². The first kappa shape index (κ1) is 14.3. The summed E-state index contributed by atoms with van der Waals surface area (Å²) in [5.41, 5.74) is 2.14. The molecule has 3 nitrogen and oxygen atoms in total. The third kappa shape index (κ3) is 3.68. The zero-order chi connectivity index (χ0) is 14.4. The van der Waals surface area contributed by atoms with Gasteiger partial charge in [0, 0.05) is 12.6 Å². The second-order valence-corrected chi connectivity index (χ2v) is 4.88. The fourth-order valence-electron chi connectivity index (χ4n) is 2.21. The first-order valence-electron chi connectivity index (χ1n) is 6.73. The summed E-state index contributed by atoms with van der Waals surface area (Å²) < 4.78 is 0. The molecule has 2 unspecified atom stereocenters. The van der Waals surface area contributed by atoms with Crippen LogP contribution in [0.25, 0.3) is 0 Å². The van der Waals surface area contributed by atoms with Crippen LogP contribution in [0.2, 0.25) is 0 Å². The molecule has 0 radical (unpaired) electrons. The Morgan fingerprint density at radius 2 is 1.60 bits per heavy atom. The van der Waals surface area contributed by atoms with Gasteiger partial charge in [0.15, 0.2) is 0 Å². The molecule has 0 amide bonds. The van der Waals surface area contributed by atoms with Crippen molar-refractivity contribution >= 4 is 5.97 Å². The molecule has 2 aromatic carbocycles. The van der Waals surface area contributed by atoms with Crippen molar-refractivity contribution in [2.24, 2.45) is 5.92 Å². The van der Waals surface area contributed by atoms with Crippen molar-refractivity contribution in [3.8, 4) is 0 Å². The van der Waals surface area contributed by atoms with Gasteiger partial charge in [-0.2, -0.15) is 0 Å². The van der Waals surface area contributed by atoms with Gasteiger partial charge in [-0.1, -0.05) is 67.6 Å². The fourth-order valence-corrected chi connectivity index (χ4v) is 2.21. The number of carbonyl (C=O) groups is 1. The number of carboxylic acid groups (broad SMARTS) is 1. The largest absolute Gasteiger partial charge is 0.481 e. The SMILES string of the molecule is CC(C(=O)O)C(NCc1ccccc1)c1ccccc1. The quantitative estimate of drug-likeness (QED) is 0.846. The third-order valence-corrected chi connectivity index (χ3v) is 3.42. The van der Waals surface area contributed by atoms with E-state index in [4.69, 9.17) is 0 Å². The summed E-state index contributed by atoms with van der Waals surface area (Å²) in [5.74, 6) is -1.28. The number of aliphatic carboxylic acids is 1. The first-order valence-corrected chi connectivity index (χ1v) is 6.73. The lowest BCUT2D eigenvalue weighted by atomic mass is 9.94. The molecule has 104 valence electrons. The highest BCUT2D eigenvalue weighted by Crippen LogP contribution is 2.22. The maximum absolute atomic E-state index is 11.3. The summed E-state index contributed by atoms with van der Waals surface area (Å²) in [6.45, 7) is 2.38.